The predicted octanol–water partition coefficient (Wildman–Crippen LogP) is 5.02. The summed E-state index contributed by atoms with van der Waals surface area (Å²) in [6.07, 6.45) is -4.39. The van der Waals surface area contributed by atoms with Gasteiger partial charge in [0.1, 0.15) is 0 Å². The van der Waals surface area contributed by atoms with E-state index in [1.807, 2.05) is 24.3 Å². The van der Waals surface area contributed by atoms with Crippen LogP contribution >= 0.6 is 11.6 Å². The van der Waals surface area contributed by atoms with Crippen molar-refractivity contribution in [3.8, 4) is 0 Å². The number of nitrogens with zero attached hydrogens (tertiary/aromatic N) is 5. The van der Waals surface area contributed by atoms with Crippen molar-refractivity contribution in [1.82, 2.24) is 24.5 Å². The van der Waals surface area contributed by atoms with Gasteiger partial charge in [-0.1, -0.05) is 29.8 Å². The number of carbonyl (C=O) groups is 5. The van der Waals surface area contributed by atoms with E-state index in [4.69, 9.17) is 26.8 Å². The highest BCUT2D eigenvalue weighted by Crippen LogP contribution is 2.38. The number of benzene rings is 2. The number of rotatable bonds is 10. The Labute approximate surface area is 340 Å². The number of hydrogen-bond donors (Lipinski definition) is 2. The van der Waals surface area contributed by atoms with E-state index < -0.39 is 41.5 Å². The largest absolute Gasteiger partial charge is 0.466 e. The molecular weight excluding hydrogens is 783 g/mol. The van der Waals surface area contributed by atoms with E-state index in [0.29, 0.717) is 77.9 Å². The van der Waals surface area contributed by atoms with Crippen LogP contribution in [-0.2, 0) is 42.9 Å². The highest BCUT2D eigenvalue weighted by molar-refractivity contribution is 6.33. The standard InChI is InChI=1S/C40H51ClF3N7O7/c1-2-57-35(53)8-7-34(52)48-21-19-47(20-22-48)28-10-14-49(15-11-28)37(54)33(25-26-23-30(40(42,43)44)36(45)31(41)24-26)58-39(56)50-16-12-29(13-17-50)51-18-9-27-5-3-4-6-32(27)46-38(51)55/h3-6,23-24,28-29,33H,2,7-22,25,45H2,1H3,(H,46,55)/t33-/m1/s1. The van der Waals surface area contributed by atoms with Crippen molar-refractivity contribution < 1.29 is 46.6 Å². The molecule has 14 nitrogen and oxygen atoms in total. The first-order valence-corrected chi connectivity index (χ1v) is 20.3. The maximum Gasteiger partial charge on any atom is 0.418 e. The average Bonchev–Trinajstić information content (AvgIpc) is 3.38. The van der Waals surface area contributed by atoms with Crippen LogP contribution in [0.25, 0.3) is 0 Å². The number of piperidine rings is 2. The number of ether oxygens (including phenoxy) is 2. The summed E-state index contributed by atoms with van der Waals surface area (Å²) in [5, 5.41) is 2.65. The number of esters is 1. The van der Waals surface area contributed by atoms with Gasteiger partial charge in [-0.25, -0.2) is 9.59 Å². The number of nitrogens with two attached hydrogens (primary N) is 1. The molecule has 316 valence electrons. The van der Waals surface area contributed by atoms with Crippen molar-refractivity contribution in [3.05, 3.63) is 58.1 Å². The fourth-order valence-corrected chi connectivity index (χ4v) is 8.55. The summed E-state index contributed by atoms with van der Waals surface area (Å²) in [5.41, 5.74) is 5.75. The quantitative estimate of drug-likeness (QED) is 0.248. The predicted molar refractivity (Wildman–Crippen MR) is 209 cm³/mol. The van der Waals surface area contributed by atoms with E-state index in [9.17, 15) is 37.1 Å². The van der Waals surface area contributed by atoms with Gasteiger partial charge in [0.2, 0.25) is 5.91 Å². The second-order valence-corrected chi connectivity index (χ2v) is 15.5. The normalized spacial score (nSPS) is 19.2. The van der Waals surface area contributed by atoms with Crippen LogP contribution in [0, 0.1) is 0 Å². The number of hydrogen-bond acceptors (Lipinski definition) is 9. The number of halogens is 4. The molecule has 0 aromatic heterocycles. The van der Waals surface area contributed by atoms with Crippen molar-refractivity contribution in [2.75, 3.05) is 76.6 Å². The minimum atomic E-state index is -4.80. The molecular formula is C40H51ClF3N7O7. The third-order valence-electron chi connectivity index (χ3n) is 11.5. The molecule has 3 fully saturated rings. The van der Waals surface area contributed by atoms with E-state index in [1.54, 1.807) is 21.6 Å². The van der Waals surface area contributed by atoms with Crippen molar-refractivity contribution in [2.45, 2.75) is 82.7 Å². The van der Waals surface area contributed by atoms with Crippen LogP contribution in [0.1, 0.15) is 62.1 Å². The van der Waals surface area contributed by atoms with Gasteiger partial charge in [0.15, 0.2) is 6.10 Å². The Kier molecular flexibility index (Phi) is 13.9. The third kappa shape index (κ3) is 10.4. The Morgan fingerprint density at radius 2 is 1.53 bits per heavy atom. The van der Waals surface area contributed by atoms with Crippen LogP contribution in [0.4, 0.5) is 34.1 Å². The first-order valence-electron chi connectivity index (χ1n) is 19.9. The molecule has 58 heavy (non-hydrogen) atoms. The van der Waals surface area contributed by atoms with Gasteiger partial charge in [-0.05, 0) is 68.4 Å². The molecule has 0 aliphatic carbocycles. The lowest BCUT2D eigenvalue weighted by molar-refractivity contribution is -0.146. The van der Waals surface area contributed by atoms with Gasteiger partial charge in [0.05, 0.1) is 29.3 Å². The number of amides is 5. The van der Waals surface area contributed by atoms with E-state index in [-0.39, 0.29) is 73.6 Å². The number of carbonyl (C=O) groups excluding carboxylic acids is 5. The molecule has 3 N–H and O–H groups in total. The van der Waals surface area contributed by atoms with Crippen LogP contribution in [0.5, 0.6) is 0 Å². The minimum absolute atomic E-state index is 0.0362. The summed E-state index contributed by atoms with van der Waals surface area (Å²) in [7, 11) is 0. The van der Waals surface area contributed by atoms with Crippen LogP contribution in [0.15, 0.2) is 36.4 Å². The summed E-state index contributed by atoms with van der Waals surface area (Å²) in [4.78, 5) is 74.1. The summed E-state index contributed by atoms with van der Waals surface area (Å²) < 4.78 is 52.5. The highest BCUT2D eigenvalue weighted by Gasteiger charge is 2.39. The molecule has 18 heteroatoms. The summed E-state index contributed by atoms with van der Waals surface area (Å²) in [5.74, 6) is -1.02. The van der Waals surface area contributed by atoms with Gasteiger partial charge in [-0.15, -0.1) is 0 Å². The molecule has 0 radical (unpaired) electrons. The minimum Gasteiger partial charge on any atom is -0.466 e. The maximum absolute atomic E-state index is 14.1. The van der Waals surface area contributed by atoms with E-state index in [0.717, 1.165) is 17.3 Å². The van der Waals surface area contributed by atoms with Crippen LogP contribution in [0.3, 0.4) is 0 Å². The van der Waals surface area contributed by atoms with Gasteiger partial charge in [0.25, 0.3) is 5.91 Å². The van der Waals surface area contributed by atoms with Crippen molar-refractivity contribution >= 4 is 52.9 Å². The molecule has 2 aromatic rings. The SMILES string of the molecule is CCOC(=O)CCC(=O)N1CCN(C2CCN(C(=O)[C@@H](Cc3cc(Cl)c(N)c(C(F)(F)F)c3)OC(=O)N3CCC(N4CCc5ccccc5NC4=O)CC3)CC2)CC1. The van der Waals surface area contributed by atoms with Gasteiger partial charge < -0.3 is 40.1 Å². The molecule has 0 spiro atoms. The van der Waals surface area contributed by atoms with Crippen LogP contribution in [-0.4, -0.2) is 138 Å². The molecule has 1 atom stereocenters. The number of nitrogens with one attached hydrogen (secondary N) is 1. The monoisotopic (exact) mass is 833 g/mol. The Morgan fingerprint density at radius 3 is 2.21 bits per heavy atom. The second-order valence-electron chi connectivity index (χ2n) is 15.1. The lowest BCUT2D eigenvalue weighted by atomic mass is 9.99. The Balaban J connectivity index is 1.07. The second kappa shape index (κ2) is 18.9. The molecule has 0 saturated carbocycles. The number of para-hydroxylation sites is 1. The van der Waals surface area contributed by atoms with E-state index in [2.05, 4.69) is 10.2 Å². The zero-order chi connectivity index (χ0) is 41.6. The van der Waals surface area contributed by atoms with Crippen molar-refractivity contribution in [2.24, 2.45) is 0 Å². The molecule has 3 saturated heterocycles. The number of likely N-dealkylation sites (tertiary alicyclic amines) is 2. The maximum atomic E-state index is 14.1. The molecule has 6 rings (SSSR count). The number of nitrogen functional groups attached to an aromatic ring is 1. The molecule has 4 heterocycles. The molecule has 4 aliphatic heterocycles. The number of piperazine rings is 1. The molecule has 2 aromatic carbocycles. The lowest BCUT2D eigenvalue weighted by Crippen LogP contribution is -2.56. The molecule has 0 bridgehead atoms. The topological polar surface area (TPSA) is 158 Å². The average molecular weight is 834 g/mol. The van der Waals surface area contributed by atoms with Gasteiger partial charge >= 0.3 is 24.3 Å². The van der Waals surface area contributed by atoms with Crippen LogP contribution < -0.4 is 11.1 Å². The lowest BCUT2D eigenvalue weighted by Gasteiger charge is -2.43. The summed E-state index contributed by atoms with van der Waals surface area (Å²) >= 11 is 6.13. The van der Waals surface area contributed by atoms with Crippen molar-refractivity contribution in [3.63, 3.8) is 0 Å². The van der Waals surface area contributed by atoms with Gasteiger partial charge in [0, 0.05) is 89.5 Å². The highest BCUT2D eigenvalue weighted by atomic mass is 35.5. The van der Waals surface area contributed by atoms with Gasteiger partial charge in [-0.3, -0.25) is 19.3 Å². The molecule has 5 amide bonds. The molecule has 4 aliphatic rings. The van der Waals surface area contributed by atoms with E-state index in [1.165, 1.54) is 11.0 Å². The number of alkyl halides is 3. The summed E-state index contributed by atoms with van der Waals surface area (Å²) in [6.45, 7) is 5.96. The number of anilines is 2. The smallest absolute Gasteiger partial charge is 0.418 e. The fourth-order valence-electron chi connectivity index (χ4n) is 8.31. The number of fused-ring (bicyclic) bond motifs is 1. The zero-order valence-corrected chi connectivity index (χ0v) is 33.4. The zero-order valence-electron chi connectivity index (χ0n) is 32.6. The summed E-state index contributed by atoms with van der Waals surface area (Å²) in [6, 6.07) is 9.52. The first kappa shape index (κ1) is 42.8. The van der Waals surface area contributed by atoms with E-state index >= 15 is 0 Å². The number of urea groups is 1. The van der Waals surface area contributed by atoms with Crippen molar-refractivity contribution in [1.29, 1.82) is 0 Å². The Morgan fingerprint density at radius 1 is 0.879 bits per heavy atom. The Bertz CT molecular complexity index is 1830. The Hall–Kier alpha value is -4.77. The van der Waals surface area contributed by atoms with Crippen LogP contribution in [0.2, 0.25) is 5.02 Å². The van der Waals surface area contributed by atoms with Gasteiger partial charge in [-0.2, -0.15) is 13.2 Å². The first-order chi connectivity index (χ1) is 27.7. The third-order valence-corrected chi connectivity index (χ3v) is 11.9. The fraction of sp³-hybridized carbons (Fsp3) is 0.575. The molecule has 0 unspecified atom stereocenters.